The minimum absolute atomic E-state index is 0.144. The highest BCUT2D eigenvalue weighted by molar-refractivity contribution is 5.95. The Kier molecular flexibility index (Phi) is 4.37. The Hall–Kier alpha value is -1.62. The Labute approximate surface area is 112 Å². The number of nitrogen functional groups attached to an aromatic ring is 1. The SMILES string of the molecule is CCC1CCN(CC(=O)Nc2cc(F)ccc2N)C1. The topological polar surface area (TPSA) is 58.4 Å². The van der Waals surface area contributed by atoms with Gasteiger partial charge in [-0.05, 0) is 37.1 Å². The molecule has 0 spiro atoms. The molecule has 0 saturated carbocycles. The summed E-state index contributed by atoms with van der Waals surface area (Å²) in [5.41, 5.74) is 6.42. The molecule has 104 valence electrons. The number of rotatable bonds is 4. The molecule has 2 rings (SSSR count). The van der Waals surface area contributed by atoms with E-state index >= 15 is 0 Å². The third kappa shape index (κ3) is 3.67. The maximum Gasteiger partial charge on any atom is 0.238 e. The summed E-state index contributed by atoms with van der Waals surface area (Å²) in [6.45, 7) is 4.42. The molecule has 0 bridgehead atoms. The fourth-order valence-corrected chi connectivity index (χ4v) is 2.42. The number of nitrogens with one attached hydrogen (secondary N) is 1. The van der Waals surface area contributed by atoms with Gasteiger partial charge in [0.2, 0.25) is 5.91 Å². The first-order valence-corrected chi connectivity index (χ1v) is 6.65. The summed E-state index contributed by atoms with van der Waals surface area (Å²) >= 11 is 0. The first-order chi connectivity index (χ1) is 9.08. The van der Waals surface area contributed by atoms with E-state index in [2.05, 4.69) is 17.1 Å². The molecular weight excluding hydrogens is 245 g/mol. The van der Waals surface area contributed by atoms with Crippen LogP contribution in [0.5, 0.6) is 0 Å². The summed E-state index contributed by atoms with van der Waals surface area (Å²) < 4.78 is 13.1. The second-order valence-electron chi connectivity index (χ2n) is 5.08. The van der Waals surface area contributed by atoms with E-state index in [4.69, 9.17) is 5.73 Å². The lowest BCUT2D eigenvalue weighted by atomic mass is 10.1. The van der Waals surface area contributed by atoms with Crippen molar-refractivity contribution in [2.75, 3.05) is 30.7 Å². The van der Waals surface area contributed by atoms with E-state index in [0.29, 0.717) is 23.8 Å². The Bertz CT molecular complexity index is 464. The van der Waals surface area contributed by atoms with Gasteiger partial charge in [-0.15, -0.1) is 0 Å². The van der Waals surface area contributed by atoms with Crippen molar-refractivity contribution in [1.82, 2.24) is 4.90 Å². The maximum absolute atomic E-state index is 13.1. The van der Waals surface area contributed by atoms with Gasteiger partial charge in [0.25, 0.3) is 0 Å². The first-order valence-electron chi connectivity index (χ1n) is 6.65. The number of nitrogens with two attached hydrogens (primary N) is 1. The zero-order valence-electron chi connectivity index (χ0n) is 11.2. The van der Waals surface area contributed by atoms with Crippen molar-refractivity contribution in [3.05, 3.63) is 24.0 Å². The number of hydrogen-bond donors (Lipinski definition) is 2. The van der Waals surface area contributed by atoms with E-state index in [1.807, 2.05) is 0 Å². The summed E-state index contributed by atoms with van der Waals surface area (Å²) in [5.74, 6) is 0.137. The number of amides is 1. The molecule has 4 nitrogen and oxygen atoms in total. The third-order valence-corrected chi connectivity index (χ3v) is 3.60. The highest BCUT2D eigenvalue weighted by atomic mass is 19.1. The molecule has 1 fully saturated rings. The summed E-state index contributed by atoms with van der Waals surface area (Å²) in [6.07, 6.45) is 2.29. The Morgan fingerprint density at radius 1 is 1.58 bits per heavy atom. The molecule has 1 aliphatic heterocycles. The normalized spacial score (nSPS) is 19.6. The summed E-state index contributed by atoms with van der Waals surface area (Å²) in [6, 6.07) is 3.97. The molecule has 1 unspecified atom stereocenters. The van der Waals surface area contributed by atoms with Gasteiger partial charge < -0.3 is 11.1 Å². The second kappa shape index (κ2) is 6.02. The lowest BCUT2D eigenvalue weighted by Gasteiger charge is -2.16. The Morgan fingerprint density at radius 3 is 3.05 bits per heavy atom. The van der Waals surface area contributed by atoms with Crippen LogP contribution in [0.1, 0.15) is 19.8 Å². The average molecular weight is 265 g/mol. The summed E-state index contributed by atoms with van der Waals surface area (Å²) in [4.78, 5) is 14.0. The number of carbonyl (C=O) groups is 1. The van der Waals surface area contributed by atoms with Crippen LogP contribution in [0, 0.1) is 11.7 Å². The highest BCUT2D eigenvalue weighted by Crippen LogP contribution is 2.21. The predicted molar refractivity (Wildman–Crippen MR) is 74.3 cm³/mol. The standard InChI is InChI=1S/C14H20FN3O/c1-2-10-5-6-18(8-10)9-14(19)17-13-7-11(15)3-4-12(13)16/h3-4,7,10H,2,5-6,8-9,16H2,1H3,(H,17,19). The largest absolute Gasteiger partial charge is 0.397 e. The van der Waals surface area contributed by atoms with Gasteiger partial charge in [0.1, 0.15) is 5.82 Å². The van der Waals surface area contributed by atoms with Crippen LogP contribution in [-0.2, 0) is 4.79 Å². The second-order valence-corrected chi connectivity index (χ2v) is 5.08. The molecule has 1 atom stereocenters. The number of halogens is 1. The fourth-order valence-electron chi connectivity index (χ4n) is 2.42. The van der Waals surface area contributed by atoms with Crippen LogP contribution in [-0.4, -0.2) is 30.4 Å². The predicted octanol–water partition coefficient (Wildman–Crippen LogP) is 2.08. The monoisotopic (exact) mass is 265 g/mol. The molecule has 1 aromatic rings. The van der Waals surface area contributed by atoms with Gasteiger partial charge >= 0.3 is 0 Å². The lowest BCUT2D eigenvalue weighted by molar-refractivity contribution is -0.117. The third-order valence-electron chi connectivity index (χ3n) is 3.60. The number of benzene rings is 1. The number of nitrogens with zero attached hydrogens (tertiary/aromatic N) is 1. The van der Waals surface area contributed by atoms with Crippen LogP contribution >= 0.6 is 0 Å². The minimum atomic E-state index is -0.406. The Morgan fingerprint density at radius 2 is 2.37 bits per heavy atom. The number of anilines is 2. The van der Waals surface area contributed by atoms with Crippen molar-refractivity contribution in [2.45, 2.75) is 19.8 Å². The van der Waals surface area contributed by atoms with Crippen molar-refractivity contribution < 1.29 is 9.18 Å². The van der Waals surface area contributed by atoms with E-state index in [1.165, 1.54) is 18.2 Å². The van der Waals surface area contributed by atoms with Gasteiger partial charge in [0, 0.05) is 6.54 Å². The highest BCUT2D eigenvalue weighted by Gasteiger charge is 2.22. The fraction of sp³-hybridized carbons (Fsp3) is 0.500. The average Bonchev–Trinajstić information content (AvgIpc) is 2.81. The van der Waals surface area contributed by atoms with Gasteiger partial charge in [0.15, 0.2) is 0 Å². The van der Waals surface area contributed by atoms with Crippen LogP contribution in [0.15, 0.2) is 18.2 Å². The molecule has 0 aromatic heterocycles. The lowest BCUT2D eigenvalue weighted by Crippen LogP contribution is -2.31. The molecule has 0 aliphatic carbocycles. The quantitative estimate of drug-likeness (QED) is 0.819. The summed E-state index contributed by atoms with van der Waals surface area (Å²) in [7, 11) is 0. The van der Waals surface area contributed by atoms with Crippen molar-refractivity contribution >= 4 is 17.3 Å². The number of hydrogen-bond acceptors (Lipinski definition) is 3. The number of carbonyl (C=O) groups excluding carboxylic acids is 1. The van der Waals surface area contributed by atoms with Crippen molar-refractivity contribution in [3.63, 3.8) is 0 Å². The van der Waals surface area contributed by atoms with E-state index < -0.39 is 5.82 Å². The zero-order chi connectivity index (χ0) is 13.8. The molecule has 1 saturated heterocycles. The van der Waals surface area contributed by atoms with Crippen molar-refractivity contribution in [1.29, 1.82) is 0 Å². The van der Waals surface area contributed by atoms with E-state index in [0.717, 1.165) is 25.9 Å². The Balaban J connectivity index is 1.89. The van der Waals surface area contributed by atoms with E-state index in [1.54, 1.807) is 0 Å². The van der Waals surface area contributed by atoms with Crippen LogP contribution in [0.3, 0.4) is 0 Å². The van der Waals surface area contributed by atoms with Gasteiger partial charge in [-0.1, -0.05) is 13.3 Å². The smallest absolute Gasteiger partial charge is 0.238 e. The number of likely N-dealkylation sites (tertiary alicyclic amines) is 1. The molecular formula is C14H20FN3O. The van der Waals surface area contributed by atoms with Gasteiger partial charge in [0.05, 0.1) is 17.9 Å². The molecule has 1 aromatic carbocycles. The first kappa shape index (κ1) is 13.8. The minimum Gasteiger partial charge on any atom is -0.397 e. The van der Waals surface area contributed by atoms with E-state index in [-0.39, 0.29) is 5.91 Å². The molecule has 0 radical (unpaired) electrons. The molecule has 19 heavy (non-hydrogen) atoms. The van der Waals surface area contributed by atoms with Crippen LogP contribution < -0.4 is 11.1 Å². The van der Waals surface area contributed by atoms with Crippen molar-refractivity contribution in [2.24, 2.45) is 5.92 Å². The van der Waals surface area contributed by atoms with Gasteiger partial charge in [-0.3, -0.25) is 9.69 Å². The maximum atomic E-state index is 13.1. The van der Waals surface area contributed by atoms with Crippen LogP contribution in [0.25, 0.3) is 0 Å². The van der Waals surface area contributed by atoms with Crippen molar-refractivity contribution in [3.8, 4) is 0 Å². The zero-order valence-corrected chi connectivity index (χ0v) is 11.2. The molecule has 5 heteroatoms. The van der Waals surface area contributed by atoms with Gasteiger partial charge in [-0.25, -0.2) is 4.39 Å². The van der Waals surface area contributed by atoms with Gasteiger partial charge in [-0.2, -0.15) is 0 Å². The molecule has 1 aliphatic rings. The van der Waals surface area contributed by atoms with E-state index in [9.17, 15) is 9.18 Å². The molecule has 1 heterocycles. The molecule has 1 amide bonds. The van der Waals surface area contributed by atoms with Crippen LogP contribution in [0.2, 0.25) is 0 Å². The summed E-state index contributed by atoms with van der Waals surface area (Å²) in [5, 5.41) is 2.67. The van der Waals surface area contributed by atoms with Crippen LogP contribution in [0.4, 0.5) is 15.8 Å². The molecule has 3 N–H and O–H groups in total.